The molecule has 0 aliphatic heterocycles. The summed E-state index contributed by atoms with van der Waals surface area (Å²) in [5.41, 5.74) is 0. The van der Waals surface area contributed by atoms with Gasteiger partial charge >= 0.3 is 45.6 Å². The molecule has 0 amide bonds. The van der Waals surface area contributed by atoms with Crippen molar-refractivity contribution in [3.8, 4) is 0 Å². The lowest BCUT2D eigenvalue weighted by molar-refractivity contribution is 0.0520. The van der Waals surface area contributed by atoms with Crippen molar-refractivity contribution in [2.24, 2.45) is 0 Å². The van der Waals surface area contributed by atoms with Gasteiger partial charge in [0.25, 0.3) is 0 Å². The third-order valence-electron chi connectivity index (χ3n) is 6.31. The molecule has 0 bridgehead atoms. The molecule has 22 nitrogen and oxygen atoms in total. The Bertz CT molecular complexity index is 1070. The van der Waals surface area contributed by atoms with Crippen molar-refractivity contribution in [1.82, 2.24) is 19.6 Å². The maximum absolute atomic E-state index is 12.1. The molecular formula is C16H42N4O18P6. The Morgan fingerprint density at radius 3 is 0.818 bits per heavy atom. The SMILES string of the molecule is O=P(O)(O)CN(CCN(CP(=O)(O)O)C1CCCCC1N(CCN(CP(=O)(O)O)CP(=O)(O)O)CP(=O)(O)O)CP(=O)(O)O. The Balaban J connectivity index is 3.41. The second-order valence-corrected chi connectivity index (χ2v) is 20.3. The summed E-state index contributed by atoms with van der Waals surface area (Å²) >= 11 is 0. The zero-order chi connectivity index (χ0) is 34.4. The molecule has 0 aromatic carbocycles. The summed E-state index contributed by atoms with van der Waals surface area (Å²) in [4.78, 5) is 118. The molecule has 1 fully saturated rings. The first-order valence-corrected chi connectivity index (χ1v) is 23.5. The summed E-state index contributed by atoms with van der Waals surface area (Å²) in [7, 11) is -29.1. The molecule has 0 spiro atoms. The molecule has 1 aliphatic carbocycles. The Hall–Kier alpha value is 0.740. The lowest BCUT2D eigenvalue weighted by atomic mass is 9.88. The van der Waals surface area contributed by atoms with E-state index in [1.165, 1.54) is 9.80 Å². The molecule has 1 rings (SSSR count). The Kier molecular flexibility index (Phi) is 16.4. The van der Waals surface area contributed by atoms with Gasteiger partial charge in [-0.3, -0.25) is 47.0 Å². The second kappa shape index (κ2) is 16.9. The van der Waals surface area contributed by atoms with Gasteiger partial charge in [0.2, 0.25) is 0 Å². The van der Waals surface area contributed by atoms with Gasteiger partial charge < -0.3 is 58.7 Å². The van der Waals surface area contributed by atoms with Crippen LogP contribution in [0.1, 0.15) is 25.7 Å². The number of hydrogen-bond donors (Lipinski definition) is 12. The Morgan fingerprint density at radius 2 is 0.614 bits per heavy atom. The molecule has 2 atom stereocenters. The molecule has 1 saturated carbocycles. The third kappa shape index (κ3) is 20.9. The standard InChI is InChI=1S/C16H42N4O18P6/c21-39(22,23)9-17(10-40(24,25)26)5-7-19(13-43(33,34)35)15-3-1-2-4-16(15)20(14-44(36,37)38)8-6-18(11-41(27,28)29)12-42(30,31)32/h15-16H,1-14H2,(H2,21,22,23)(H2,24,25,26)(H2,27,28,29)(H2,30,31,32)(H2,33,34,35)(H2,36,37,38). The van der Waals surface area contributed by atoms with Crippen LogP contribution in [0.3, 0.4) is 0 Å². The van der Waals surface area contributed by atoms with Crippen molar-refractivity contribution >= 4 is 45.6 Å². The first-order valence-electron chi connectivity index (χ1n) is 12.7. The summed E-state index contributed by atoms with van der Waals surface area (Å²) in [5.74, 6) is 0. The topological polar surface area (TPSA) is 358 Å². The Labute approximate surface area is 253 Å². The fourth-order valence-corrected chi connectivity index (χ4v) is 10.1. The number of hydrogen-bond acceptors (Lipinski definition) is 10. The molecule has 264 valence electrons. The summed E-state index contributed by atoms with van der Waals surface area (Å²) < 4.78 is 70.4. The average molecular weight is 764 g/mol. The van der Waals surface area contributed by atoms with Crippen molar-refractivity contribution in [2.45, 2.75) is 37.8 Å². The van der Waals surface area contributed by atoms with E-state index < -0.39 is 122 Å². The summed E-state index contributed by atoms with van der Waals surface area (Å²) in [6.45, 7) is -1.79. The molecule has 2 unspecified atom stereocenters. The predicted molar refractivity (Wildman–Crippen MR) is 154 cm³/mol. The van der Waals surface area contributed by atoms with E-state index in [1.54, 1.807) is 0 Å². The van der Waals surface area contributed by atoms with Crippen LogP contribution in [0.25, 0.3) is 0 Å². The zero-order valence-corrected chi connectivity index (χ0v) is 28.7. The van der Waals surface area contributed by atoms with Crippen LogP contribution >= 0.6 is 45.6 Å². The average Bonchev–Trinajstić information content (AvgIpc) is 2.73. The summed E-state index contributed by atoms with van der Waals surface area (Å²) in [6.07, 6.45) is -4.92. The molecular weight excluding hydrogens is 722 g/mol. The van der Waals surface area contributed by atoms with Gasteiger partial charge in [-0.2, -0.15) is 0 Å². The normalized spacial score (nSPS) is 19.9. The van der Waals surface area contributed by atoms with E-state index in [4.69, 9.17) is 0 Å². The van der Waals surface area contributed by atoms with Crippen LogP contribution in [0, 0.1) is 0 Å². The van der Waals surface area contributed by atoms with Crippen LogP contribution in [-0.4, -0.2) is 154 Å². The molecule has 12 N–H and O–H groups in total. The minimum Gasteiger partial charge on any atom is -0.324 e. The highest BCUT2D eigenvalue weighted by Gasteiger charge is 2.39. The van der Waals surface area contributed by atoms with Crippen LogP contribution in [0.5, 0.6) is 0 Å². The monoisotopic (exact) mass is 764 g/mol. The van der Waals surface area contributed by atoms with Gasteiger partial charge in [-0.1, -0.05) is 12.8 Å². The fourth-order valence-electron chi connectivity index (χ4n) is 5.05. The quantitative estimate of drug-likeness (QED) is 0.0616. The smallest absolute Gasteiger partial charge is 0.324 e. The van der Waals surface area contributed by atoms with Gasteiger partial charge in [-0.05, 0) is 12.8 Å². The third-order valence-corrected chi connectivity index (χ3v) is 10.8. The molecule has 0 aromatic heterocycles. The molecule has 28 heteroatoms. The first kappa shape index (κ1) is 42.8. The van der Waals surface area contributed by atoms with Crippen LogP contribution in [0.2, 0.25) is 0 Å². The fraction of sp³-hybridized carbons (Fsp3) is 1.00. The van der Waals surface area contributed by atoms with E-state index in [1.807, 2.05) is 0 Å². The minimum absolute atomic E-state index is 0.188. The molecule has 1 aliphatic rings. The predicted octanol–water partition coefficient (Wildman–Crippen LogP) is -1.68. The zero-order valence-electron chi connectivity index (χ0n) is 23.3. The van der Waals surface area contributed by atoms with E-state index >= 15 is 0 Å². The van der Waals surface area contributed by atoms with Crippen LogP contribution in [0.15, 0.2) is 0 Å². The molecule has 0 saturated heterocycles. The van der Waals surface area contributed by atoms with Crippen LogP contribution in [-0.2, 0) is 27.4 Å². The van der Waals surface area contributed by atoms with E-state index in [0.717, 1.165) is 9.80 Å². The van der Waals surface area contributed by atoms with E-state index in [9.17, 15) is 86.1 Å². The van der Waals surface area contributed by atoms with Crippen LogP contribution < -0.4 is 0 Å². The van der Waals surface area contributed by atoms with Gasteiger partial charge in [0, 0.05) is 38.3 Å². The molecule has 44 heavy (non-hydrogen) atoms. The highest BCUT2D eigenvalue weighted by Crippen LogP contribution is 2.44. The van der Waals surface area contributed by atoms with Crippen molar-refractivity contribution in [1.29, 1.82) is 0 Å². The van der Waals surface area contributed by atoms with Gasteiger partial charge in [0.05, 0.1) is 0 Å². The lowest BCUT2D eigenvalue weighted by Gasteiger charge is -2.46. The molecule has 0 heterocycles. The maximum Gasteiger partial charge on any atom is 0.339 e. The van der Waals surface area contributed by atoms with Crippen molar-refractivity contribution in [2.75, 3.05) is 63.9 Å². The number of rotatable bonds is 20. The second-order valence-electron chi connectivity index (χ2n) is 10.7. The van der Waals surface area contributed by atoms with Crippen molar-refractivity contribution in [3.63, 3.8) is 0 Å². The maximum atomic E-state index is 12.1. The van der Waals surface area contributed by atoms with Gasteiger partial charge in [-0.15, -0.1) is 0 Å². The van der Waals surface area contributed by atoms with E-state index in [0.29, 0.717) is 12.8 Å². The highest BCUT2D eigenvalue weighted by atomic mass is 31.2. The highest BCUT2D eigenvalue weighted by molar-refractivity contribution is 7.53. The van der Waals surface area contributed by atoms with Crippen molar-refractivity contribution in [3.05, 3.63) is 0 Å². The minimum atomic E-state index is -4.86. The number of nitrogens with zero attached hydrogens (tertiary/aromatic N) is 4. The van der Waals surface area contributed by atoms with Gasteiger partial charge in [0.15, 0.2) is 0 Å². The largest absolute Gasteiger partial charge is 0.339 e. The molecule has 0 radical (unpaired) electrons. The summed E-state index contributed by atoms with van der Waals surface area (Å²) in [5, 5.41) is 0. The summed E-state index contributed by atoms with van der Waals surface area (Å²) in [6, 6.07) is -1.79. The lowest BCUT2D eigenvalue weighted by Crippen LogP contribution is -2.56. The molecule has 0 aromatic rings. The van der Waals surface area contributed by atoms with Gasteiger partial charge in [0.1, 0.15) is 37.7 Å². The first-order chi connectivity index (χ1) is 19.5. The van der Waals surface area contributed by atoms with Gasteiger partial charge in [-0.25, -0.2) is 0 Å². The van der Waals surface area contributed by atoms with E-state index in [2.05, 4.69) is 0 Å². The van der Waals surface area contributed by atoms with Crippen molar-refractivity contribution < 1.29 is 86.1 Å². The van der Waals surface area contributed by atoms with E-state index in [-0.39, 0.29) is 12.8 Å². The Morgan fingerprint density at radius 1 is 0.386 bits per heavy atom. The van der Waals surface area contributed by atoms with Crippen LogP contribution in [0.4, 0.5) is 0 Å².